The lowest BCUT2D eigenvalue weighted by molar-refractivity contribution is 0.0954. The molecular weight excluding hydrogens is 472 g/mol. The Morgan fingerprint density at radius 1 is 1.19 bits per heavy atom. The number of aryl methyl sites for hydroxylation is 1. The monoisotopic (exact) mass is 502 g/mol. The van der Waals surface area contributed by atoms with Crippen molar-refractivity contribution < 1.29 is 4.79 Å². The molecule has 3 N–H and O–H groups in total. The van der Waals surface area contributed by atoms with Crippen LogP contribution in [0.1, 0.15) is 52.3 Å². The second kappa shape index (κ2) is 9.79. The van der Waals surface area contributed by atoms with Crippen molar-refractivity contribution in [1.29, 1.82) is 0 Å². The summed E-state index contributed by atoms with van der Waals surface area (Å²) in [5, 5.41) is 15.1. The van der Waals surface area contributed by atoms with Crippen LogP contribution < -0.4 is 16.0 Å². The quantitative estimate of drug-likeness (QED) is 0.363. The molecule has 0 aliphatic carbocycles. The van der Waals surface area contributed by atoms with Gasteiger partial charge in [0, 0.05) is 42.9 Å². The van der Waals surface area contributed by atoms with E-state index in [1.54, 1.807) is 12.4 Å². The van der Waals surface area contributed by atoms with Crippen molar-refractivity contribution in [3.8, 4) is 11.3 Å². The van der Waals surface area contributed by atoms with Gasteiger partial charge in [0.05, 0.1) is 29.1 Å². The Hall–Kier alpha value is -3.63. The third-order valence-corrected chi connectivity index (χ3v) is 7.44. The van der Waals surface area contributed by atoms with Crippen LogP contribution in [0.4, 0.5) is 11.8 Å². The van der Waals surface area contributed by atoms with Crippen LogP contribution in [0.2, 0.25) is 0 Å². The maximum atomic E-state index is 12.6. The van der Waals surface area contributed by atoms with Crippen molar-refractivity contribution in [3.05, 3.63) is 69.4 Å². The Bertz CT molecular complexity index is 1380. The molecule has 0 radical (unpaired) electrons. The summed E-state index contributed by atoms with van der Waals surface area (Å²) in [7, 11) is 0. The van der Waals surface area contributed by atoms with E-state index in [2.05, 4.69) is 62.8 Å². The number of rotatable bonds is 6. The molecule has 4 aromatic rings. The third kappa shape index (κ3) is 5.29. The Morgan fingerprint density at radius 2 is 2.06 bits per heavy atom. The van der Waals surface area contributed by atoms with E-state index < -0.39 is 0 Å². The fraction of sp³-hybridized carbons (Fsp3) is 0.346. The average Bonchev–Trinajstić information content (AvgIpc) is 3.50. The van der Waals surface area contributed by atoms with Gasteiger partial charge in [-0.1, -0.05) is 32.9 Å². The first-order valence-electron chi connectivity index (χ1n) is 12.0. The van der Waals surface area contributed by atoms with Gasteiger partial charge in [0.1, 0.15) is 4.88 Å². The molecule has 1 amide bonds. The molecule has 1 aliphatic heterocycles. The molecule has 1 aromatic carbocycles. The predicted octanol–water partition coefficient (Wildman–Crippen LogP) is 4.18. The zero-order valence-electron chi connectivity index (χ0n) is 20.9. The molecule has 0 atom stereocenters. The minimum absolute atomic E-state index is 0.0679. The molecule has 10 heteroatoms. The van der Waals surface area contributed by atoms with Crippen LogP contribution in [0, 0.1) is 6.92 Å². The van der Waals surface area contributed by atoms with Crippen LogP contribution in [0.15, 0.2) is 42.7 Å². The first-order chi connectivity index (χ1) is 17.3. The van der Waals surface area contributed by atoms with E-state index in [0.717, 1.165) is 58.5 Å². The van der Waals surface area contributed by atoms with Crippen molar-refractivity contribution in [2.75, 3.05) is 11.9 Å². The topological polar surface area (TPSA) is 110 Å². The molecule has 1 aliphatic rings. The van der Waals surface area contributed by atoms with Gasteiger partial charge in [-0.15, -0.1) is 11.3 Å². The van der Waals surface area contributed by atoms with Crippen LogP contribution in [0.5, 0.6) is 0 Å². The summed E-state index contributed by atoms with van der Waals surface area (Å²) >= 11 is 1.44. The van der Waals surface area contributed by atoms with Gasteiger partial charge >= 0.3 is 0 Å². The number of carbonyl (C=O) groups excluding carboxylic acids is 1. The SMILES string of the molecule is Cc1cc(-c2ccnc(Nc3cc4n(n3)CCNC4)n2)ccc1CNC(=O)c1cnc(C(C)(C)C)s1. The van der Waals surface area contributed by atoms with Gasteiger partial charge in [0.25, 0.3) is 5.91 Å². The molecule has 0 bridgehead atoms. The summed E-state index contributed by atoms with van der Waals surface area (Å²) in [6.07, 6.45) is 3.40. The van der Waals surface area contributed by atoms with Gasteiger partial charge in [-0.05, 0) is 30.2 Å². The van der Waals surface area contributed by atoms with Crippen LogP contribution in [-0.4, -0.2) is 37.2 Å². The highest BCUT2D eigenvalue weighted by Gasteiger charge is 2.20. The molecule has 4 heterocycles. The van der Waals surface area contributed by atoms with Gasteiger partial charge < -0.3 is 16.0 Å². The normalized spacial score (nSPS) is 13.3. The van der Waals surface area contributed by atoms with Crippen LogP contribution in [0.25, 0.3) is 11.3 Å². The van der Waals surface area contributed by atoms with E-state index in [-0.39, 0.29) is 11.3 Å². The number of amides is 1. The van der Waals surface area contributed by atoms with Crippen molar-refractivity contribution in [3.63, 3.8) is 0 Å². The number of hydrogen-bond donors (Lipinski definition) is 3. The molecule has 0 saturated heterocycles. The largest absolute Gasteiger partial charge is 0.347 e. The van der Waals surface area contributed by atoms with Crippen LogP contribution in [-0.2, 0) is 25.0 Å². The van der Waals surface area contributed by atoms with E-state index in [1.807, 2.05) is 35.9 Å². The fourth-order valence-electron chi connectivity index (χ4n) is 3.99. The molecule has 36 heavy (non-hydrogen) atoms. The van der Waals surface area contributed by atoms with Gasteiger partial charge in [-0.2, -0.15) is 5.10 Å². The second-order valence-electron chi connectivity index (χ2n) is 9.91. The average molecular weight is 503 g/mol. The highest BCUT2D eigenvalue weighted by atomic mass is 32.1. The Kier molecular flexibility index (Phi) is 6.55. The van der Waals surface area contributed by atoms with Crippen molar-refractivity contribution in [2.45, 2.75) is 52.7 Å². The zero-order chi connectivity index (χ0) is 25.3. The lowest BCUT2D eigenvalue weighted by Gasteiger charge is -2.13. The standard InChI is InChI=1S/C26H30N8OS/c1-16-11-17(5-6-18(16)13-29-23(35)21-15-30-24(36-21)26(2,3)4)20-7-8-28-25(31-20)32-22-12-19-14-27-9-10-34(19)33-22/h5-8,11-12,15,27H,9-10,13-14H2,1-4H3,(H,29,35)(H,28,31,32,33). The van der Waals surface area contributed by atoms with Crippen LogP contribution in [0.3, 0.4) is 0 Å². The second-order valence-corrected chi connectivity index (χ2v) is 10.9. The number of benzene rings is 1. The highest BCUT2D eigenvalue weighted by molar-refractivity contribution is 7.13. The molecule has 3 aromatic heterocycles. The summed E-state index contributed by atoms with van der Waals surface area (Å²) in [4.78, 5) is 26.7. The van der Waals surface area contributed by atoms with Crippen molar-refractivity contribution in [2.24, 2.45) is 0 Å². The van der Waals surface area contributed by atoms with Gasteiger partial charge in [0.15, 0.2) is 5.82 Å². The molecule has 0 fully saturated rings. The first kappa shape index (κ1) is 24.1. The maximum Gasteiger partial charge on any atom is 0.263 e. The number of nitrogens with zero attached hydrogens (tertiary/aromatic N) is 5. The molecule has 0 spiro atoms. The number of fused-ring (bicyclic) bond motifs is 1. The number of carbonyl (C=O) groups is 1. The lowest BCUT2D eigenvalue weighted by Crippen LogP contribution is -2.28. The van der Waals surface area contributed by atoms with E-state index in [4.69, 9.17) is 0 Å². The Balaban J connectivity index is 1.25. The maximum absolute atomic E-state index is 12.6. The zero-order valence-corrected chi connectivity index (χ0v) is 21.7. The molecule has 0 unspecified atom stereocenters. The number of thiazole rings is 1. The number of nitrogens with one attached hydrogen (secondary N) is 3. The van der Waals surface area contributed by atoms with Crippen molar-refractivity contribution in [1.82, 2.24) is 35.4 Å². The van der Waals surface area contributed by atoms with Crippen molar-refractivity contribution >= 4 is 29.0 Å². The molecule has 0 saturated carbocycles. The lowest BCUT2D eigenvalue weighted by atomic mass is 9.98. The third-order valence-electron chi connectivity index (χ3n) is 6.01. The van der Waals surface area contributed by atoms with Crippen LogP contribution >= 0.6 is 11.3 Å². The summed E-state index contributed by atoms with van der Waals surface area (Å²) in [5.41, 5.74) is 5.01. The summed E-state index contributed by atoms with van der Waals surface area (Å²) in [5.74, 6) is 1.14. The number of hydrogen-bond acceptors (Lipinski definition) is 8. The smallest absolute Gasteiger partial charge is 0.263 e. The number of anilines is 2. The first-order valence-corrected chi connectivity index (χ1v) is 12.8. The summed E-state index contributed by atoms with van der Waals surface area (Å²) in [6.45, 7) is 11.4. The summed E-state index contributed by atoms with van der Waals surface area (Å²) in [6, 6.07) is 10.0. The molecule has 9 nitrogen and oxygen atoms in total. The summed E-state index contributed by atoms with van der Waals surface area (Å²) < 4.78 is 2.00. The fourth-order valence-corrected chi connectivity index (χ4v) is 4.88. The van der Waals surface area contributed by atoms with E-state index in [9.17, 15) is 4.79 Å². The molecule has 5 rings (SSSR count). The minimum atomic E-state index is -0.102. The van der Waals surface area contributed by atoms with Gasteiger partial charge in [-0.25, -0.2) is 15.0 Å². The highest BCUT2D eigenvalue weighted by Crippen LogP contribution is 2.27. The van der Waals surface area contributed by atoms with Gasteiger partial charge in [0.2, 0.25) is 5.95 Å². The number of aromatic nitrogens is 5. The minimum Gasteiger partial charge on any atom is -0.347 e. The van der Waals surface area contributed by atoms with E-state index >= 15 is 0 Å². The van der Waals surface area contributed by atoms with Gasteiger partial charge in [-0.3, -0.25) is 9.48 Å². The Labute approximate surface area is 214 Å². The Morgan fingerprint density at radius 3 is 2.81 bits per heavy atom. The van der Waals surface area contributed by atoms with E-state index in [1.165, 1.54) is 11.3 Å². The van der Waals surface area contributed by atoms with E-state index in [0.29, 0.717) is 17.4 Å². The molecule has 186 valence electrons. The predicted molar refractivity (Wildman–Crippen MR) is 141 cm³/mol. The molecular formula is C26H30N8OS.